The molecule has 0 aromatic carbocycles. The lowest BCUT2D eigenvalue weighted by molar-refractivity contribution is -0.145. The molecule has 2 aliphatic heterocycles. The van der Waals surface area contributed by atoms with Gasteiger partial charge in [-0.1, -0.05) is 13.8 Å². The summed E-state index contributed by atoms with van der Waals surface area (Å²) in [6.45, 7) is 6.81. The van der Waals surface area contributed by atoms with Crippen molar-refractivity contribution >= 4 is 23.6 Å². The van der Waals surface area contributed by atoms with Gasteiger partial charge in [0.25, 0.3) is 0 Å². The third-order valence-electron chi connectivity index (χ3n) is 5.51. The number of aliphatic imine (C=N–C) groups is 1. The number of carbonyl (C=O) groups excluding carboxylic acids is 2. The first kappa shape index (κ1) is 21.9. The van der Waals surface area contributed by atoms with Gasteiger partial charge in [-0.05, 0) is 25.2 Å². The fourth-order valence-corrected chi connectivity index (χ4v) is 3.46. The lowest BCUT2D eigenvalue weighted by Crippen LogP contribution is -2.43. The maximum atomic E-state index is 12.3. The predicted molar refractivity (Wildman–Crippen MR) is 113 cm³/mol. The van der Waals surface area contributed by atoms with Crippen LogP contribution in [0.25, 0.3) is 0 Å². The van der Waals surface area contributed by atoms with Crippen molar-refractivity contribution in [1.82, 2.24) is 14.9 Å². The average Bonchev–Trinajstić information content (AvgIpc) is 3.18. The molecule has 3 rings (SSSR count). The summed E-state index contributed by atoms with van der Waals surface area (Å²) in [6, 6.07) is 0.178. The van der Waals surface area contributed by atoms with E-state index in [9.17, 15) is 9.59 Å². The van der Waals surface area contributed by atoms with E-state index in [1.54, 1.807) is 12.4 Å². The van der Waals surface area contributed by atoms with E-state index < -0.39 is 11.8 Å². The Morgan fingerprint density at radius 2 is 1.87 bits per heavy atom. The molecule has 0 aliphatic carbocycles. The molecule has 4 N–H and O–H groups in total. The molecule has 10 nitrogen and oxygen atoms in total. The van der Waals surface area contributed by atoms with Crippen LogP contribution in [0.4, 0.5) is 5.95 Å². The van der Waals surface area contributed by atoms with Gasteiger partial charge in [0.15, 0.2) is 5.75 Å². The number of nitrogens with zero attached hydrogens (tertiary/aromatic N) is 5. The SMILES string of the molecule is CC(C)C(N)=NC(=O)C(=O)N1CCC(COc2cnc(N3CCC(N)C3)nc2)CC1. The lowest BCUT2D eigenvalue weighted by Gasteiger charge is -2.31. The Hall–Kier alpha value is -2.75. The Bertz CT molecular complexity index is 773. The fourth-order valence-electron chi connectivity index (χ4n) is 3.46. The highest BCUT2D eigenvalue weighted by atomic mass is 16.5. The van der Waals surface area contributed by atoms with Gasteiger partial charge in [0.05, 0.1) is 19.0 Å². The number of aromatic nitrogens is 2. The van der Waals surface area contributed by atoms with Crippen LogP contribution in [0.5, 0.6) is 5.75 Å². The van der Waals surface area contributed by atoms with E-state index in [0.717, 1.165) is 32.4 Å². The average molecular weight is 418 g/mol. The summed E-state index contributed by atoms with van der Waals surface area (Å²) in [5, 5.41) is 0. The second-order valence-corrected chi connectivity index (χ2v) is 8.26. The molecular formula is C20H31N7O3. The van der Waals surface area contributed by atoms with Crippen LogP contribution in [-0.2, 0) is 9.59 Å². The van der Waals surface area contributed by atoms with E-state index in [4.69, 9.17) is 16.2 Å². The number of ether oxygens (including phenoxy) is 1. The summed E-state index contributed by atoms with van der Waals surface area (Å²) in [7, 11) is 0. The molecule has 1 aromatic heterocycles. The van der Waals surface area contributed by atoms with Crippen LogP contribution in [0.2, 0.25) is 0 Å². The number of rotatable bonds is 5. The standard InChI is InChI=1S/C20H31N7O3/c1-13(2)17(22)25-18(28)19(29)26-6-3-14(4-7-26)12-30-16-9-23-20(24-10-16)27-8-5-15(21)11-27/h9-10,13-15H,3-8,11-12,21H2,1-2H3,(H2,22,25,28). The highest BCUT2D eigenvalue weighted by molar-refractivity contribution is 6.37. The monoisotopic (exact) mass is 417 g/mol. The first-order chi connectivity index (χ1) is 14.3. The van der Waals surface area contributed by atoms with Gasteiger partial charge in [-0.2, -0.15) is 4.99 Å². The van der Waals surface area contributed by atoms with Crippen molar-refractivity contribution in [2.45, 2.75) is 39.2 Å². The number of nitrogens with two attached hydrogens (primary N) is 2. The molecule has 0 bridgehead atoms. The van der Waals surface area contributed by atoms with Crippen molar-refractivity contribution < 1.29 is 14.3 Å². The molecule has 0 spiro atoms. The van der Waals surface area contributed by atoms with Crippen molar-refractivity contribution in [3.05, 3.63) is 12.4 Å². The van der Waals surface area contributed by atoms with Crippen molar-refractivity contribution in [2.75, 3.05) is 37.7 Å². The van der Waals surface area contributed by atoms with Crippen molar-refractivity contribution in [2.24, 2.45) is 28.3 Å². The van der Waals surface area contributed by atoms with Gasteiger partial charge in [-0.15, -0.1) is 0 Å². The normalized spacial score (nSPS) is 20.7. The molecule has 1 aromatic rings. The van der Waals surface area contributed by atoms with Gasteiger partial charge < -0.3 is 26.0 Å². The first-order valence-corrected chi connectivity index (χ1v) is 10.5. The van der Waals surface area contributed by atoms with Crippen LogP contribution in [-0.4, -0.2) is 71.3 Å². The smallest absolute Gasteiger partial charge is 0.336 e. The summed E-state index contributed by atoms with van der Waals surface area (Å²) < 4.78 is 5.83. The minimum Gasteiger partial charge on any atom is -0.490 e. The number of amides is 2. The zero-order valence-electron chi connectivity index (χ0n) is 17.7. The van der Waals surface area contributed by atoms with Gasteiger partial charge >= 0.3 is 11.8 Å². The molecule has 30 heavy (non-hydrogen) atoms. The topological polar surface area (TPSA) is 140 Å². The first-order valence-electron chi connectivity index (χ1n) is 10.5. The molecule has 2 aliphatic rings. The number of amidine groups is 1. The third-order valence-corrected chi connectivity index (χ3v) is 5.51. The number of carbonyl (C=O) groups is 2. The van der Waals surface area contributed by atoms with E-state index >= 15 is 0 Å². The third kappa shape index (κ3) is 5.65. The van der Waals surface area contributed by atoms with E-state index in [2.05, 4.69) is 19.9 Å². The van der Waals surface area contributed by atoms with Gasteiger partial charge in [-0.3, -0.25) is 9.59 Å². The molecule has 0 saturated carbocycles. The van der Waals surface area contributed by atoms with E-state index in [0.29, 0.717) is 37.3 Å². The summed E-state index contributed by atoms with van der Waals surface area (Å²) in [5.41, 5.74) is 11.6. The second kappa shape index (κ2) is 9.84. The Morgan fingerprint density at radius 1 is 1.20 bits per heavy atom. The largest absolute Gasteiger partial charge is 0.490 e. The van der Waals surface area contributed by atoms with Crippen molar-refractivity contribution in [1.29, 1.82) is 0 Å². The number of anilines is 1. The van der Waals surface area contributed by atoms with Crippen LogP contribution in [0.3, 0.4) is 0 Å². The van der Waals surface area contributed by atoms with Gasteiger partial charge in [0, 0.05) is 38.1 Å². The Labute approximate surface area is 176 Å². The predicted octanol–water partition coefficient (Wildman–Crippen LogP) is 0.171. The molecule has 2 saturated heterocycles. The number of likely N-dealkylation sites (tertiary alicyclic amines) is 1. The highest BCUT2D eigenvalue weighted by Crippen LogP contribution is 2.21. The van der Waals surface area contributed by atoms with Gasteiger partial charge in [0.1, 0.15) is 5.84 Å². The minimum atomic E-state index is -0.799. The Morgan fingerprint density at radius 3 is 2.43 bits per heavy atom. The van der Waals surface area contributed by atoms with Crippen LogP contribution in [0.15, 0.2) is 17.4 Å². The highest BCUT2D eigenvalue weighted by Gasteiger charge is 2.27. The van der Waals surface area contributed by atoms with Crippen LogP contribution < -0.4 is 21.1 Å². The molecule has 1 unspecified atom stereocenters. The van der Waals surface area contributed by atoms with Crippen LogP contribution in [0.1, 0.15) is 33.1 Å². The van der Waals surface area contributed by atoms with Crippen LogP contribution >= 0.6 is 0 Å². The number of hydrogen-bond donors (Lipinski definition) is 2. The quantitative estimate of drug-likeness (QED) is 0.392. The zero-order chi connectivity index (χ0) is 21.7. The van der Waals surface area contributed by atoms with Crippen molar-refractivity contribution in [3.8, 4) is 5.75 Å². The Kier molecular flexibility index (Phi) is 7.20. The van der Waals surface area contributed by atoms with E-state index in [1.807, 2.05) is 13.8 Å². The maximum Gasteiger partial charge on any atom is 0.336 e. The summed E-state index contributed by atoms with van der Waals surface area (Å²) in [6.07, 6.45) is 5.83. The van der Waals surface area contributed by atoms with Gasteiger partial charge in [-0.25, -0.2) is 9.97 Å². The van der Waals surface area contributed by atoms with E-state index in [-0.39, 0.29) is 17.8 Å². The summed E-state index contributed by atoms with van der Waals surface area (Å²) >= 11 is 0. The number of hydrogen-bond acceptors (Lipinski definition) is 7. The molecular weight excluding hydrogens is 386 g/mol. The summed E-state index contributed by atoms with van der Waals surface area (Å²) in [5.74, 6) is 0.301. The van der Waals surface area contributed by atoms with E-state index in [1.165, 1.54) is 4.90 Å². The molecule has 1 atom stereocenters. The molecule has 2 fully saturated rings. The van der Waals surface area contributed by atoms with Crippen molar-refractivity contribution in [3.63, 3.8) is 0 Å². The minimum absolute atomic E-state index is 0.0735. The summed E-state index contributed by atoms with van der Waals surface area (Å²) in [4.78, 5) is 40.3. The molecule has 164 valence electrons. The molecule has 3 heterocycles. The molecule has 10 heteroatoms. The second-order valence-electron chi connectivity index (χ2n) is 8.26. The Balaban J connectivity index is 1.42. The molecule has 2 amide bonds. The molecule has 0 radical (unpaired) electrons. The van der Waals surface area contributed by atoms with Gasteiger partial charge in [0.2, 0.25) is 5.95 Å². The maximum absolute atomic E-state index is 12.3. The lowest BCUT2D eigenvalue weighted by atomic mass is 9.98. The van der Waals surface area contributed by atoms with Crippen LogP contribution in [0, 0.1) is 11.8 Å². The zero-order valence-corrected chi connectivity index (χ0v) is 17.7. The number of piperidine rings is 1. The fraction of sp³-hybridized carbons (Fsp3) is 0.650.